The van der Waals surface area contributed by atoms with E-state index >= 15 is 0 Å². The molecule has 0 fully saturated rings. The molecule has 5 heterocycles. The predicted molar refractivity (Wildman–Crippen MR) is 300 cm³/mol. The normalized spacial score (nSPS) is 12.9. The van der Waals surface area contributed by atoms with Crippen LogP contribution in [0.3, 0.4) is 0 Å². The maximum Gasteiger partial charge on any atom is 0.0769 e. The summed E-state index contributed by atoms with van der Waals surface area (Å²) in [6.45, 7) is 17.7. The Morgan fingerprint density at radius 2 is 0.453 bits per heavy atom. The van der Waals surface area contributed by atoms with Gasteiger partial charge in [0, 0.05) is 58.0 Å². The lowest BCUT2D eigenvalue weighted by Crippen LogP contribution is -1.92. The molecule has 8 bridgehead atoms. The Balaban J connectivity index is 1.65. The molecule has 3 aromatic heterocycles. The fourth-order valence-electron chi connectivity index (χ4n) is 9.01. The second kappa shape index (κ2) is 17.8. The summed E-state index contributed by atoms with van der Waals surface area (Å²) in [5, 5.41) is 0. The number of nitrogens with zero attached hydrogens (tertiary/aromatic N) is 2. The van der Waals surface area contributed by atoms with Crippen molar-refractivity contribution < 1.29 is 0 Å². The highest BCUT2D eigenvalue weighted by Gasteiger charge is 2.29. The van der Waals surface area contributed by atoms with Crippen molar-refractivity contribution in [2.75, 3.05) is 0 Å². The van der Waals surface area contributed by atoms with E-state index in [9.17, 15) is 0 Å². The number of aromatic amines is 2. The van der Waals surface area contributed by atoms with E-state index in [1.54, 1.807) is 0 Å². The van der Waals surface area contributed by atoms with Crippen LogP contribution >= 0.6 is 127 Å². The standard InChI is InChI=1S/C52H38Br8N4/c1-21-22(2)46-42(30-11-35(55)18-36(56)12-30)48-25(5)26(6)50(63-48)44(32-15-39(59)20-40(60)16-32)52-28(8)27(7)51(64-52)43(31-13-37(57)19-38(58)14-31)49-24(4)23(3)47(62-49)41(45(21)61-46)29-9-33(53)17-34(54)10-29/h9-20,61,64H,1-8H3. The molecule has 4 nitrogen and oxygen atoms in total. The molecule has 0 unspecified atom stereocenters. The molecule has 0 spiro atoms. The molecule has 322 valence electrons. The minimum absolute atomic E-state index is 0.909. The third kappa shape index (κ3) is 8.15. The lowest BCUT2D eigenvalue weighted by molar-refractivity contribution is 1.28. The first kappa shape index (κ1) is 46.4. The van der Waals surface area contributed by atoms with Gasteiger partial charge in [-0.1, -0.05) is 127 Å². The van der Waals surface area contributed by atoms with Crippen molar-refractivity contribution in [3.63, 3.8) is 0 Å². The van der Waals surface area contributed by atoms with Gasteiger partial charge < -0.3 is 9.97 Å². The van der Waals surface area contributed by atoms with E-state index in [-0.39, 0.29) is 0 Å². The molecule has 0 saturated heterocycles. The molecule has 7 aromatic rings. The van der Waals surface area contributed by atoms with Crippen molar-refractivity contribution in [3.8, 4) is 44.5 Å². The van der Waals surface area contributed by atoms with E-state index in [1.165, 1.54) is 0 Å². The number of aromatic nitrogens is 4. The lowest BCUT2D eigenvalue weighted by atomic mass is 9.94. The van der Waals surface area contributed by atoms with Crippen molar-refractivity contribution >= 4 is 172 Å². The smallest absolute Gasteiger partial charge is 0.0769 e. The van der Waals surface area contributed by atoms with Gasteiger partial charge in [-0.15, -0.1) is 0 Å². The number of hydrogen-bond donors (Lipinski definition) is 2. The summed E-state index contributed by atoms with van der Waals surface area (Å²) in [6.07, 6.45) is 0. The van der Waals surface area contributed by atoms with Crippen LogP contribution in [0.1, 0.15) is 72.7 Å². The van der Waals surface area contributed by atoms with Gasteiger partial charge in [0.2, 0.25) is 0 Å². The summed E-state index contributed by atoms with van der Waals surface area (Å²) >= 11 is 30.7. The summed E-state index contributed by atoms with van der Waals surface area (Å²) in [5.74, 6) is 0. The van der Waals surface area contributed by atoms with E-state index in [0.29, 0.717) is 0 Å². The van der Waals surface area contributed by atoms with Crippen LogP contribution in [0.25, 0.3) is 88.9 Å². The third-order valence-electron chi connectivity index (χ3n) is 12.7. The number of hydrogen-bond acceptors (Lipinski definition) is 2. The number of aryl methyl sites for hydroxylation is 4. The zero-order chi connectivity index (χ0) is 45.8. The fraction of sp³-hybridized carbons (Fsp3) is 0.154. The molecule has 0 saturated carbocycles. The maximum atomic E-state index is 5.80. The van der Waals surface area contributed by atoms with Gasteiger partial charge in [-0.25, -0.2) is 9.97 Å². The van der Waals surface area contributed by atoms with Crippen molar-refractivity contribution in [1.29, 1.82) is 0 Å². The van der Waals surface area contributed by atoms with Gasteiger partial charge in [0.25, 0.3) is 0 Å². The second-order valence-corrected chi connectivity index (χ2v) is 23.8. The Kier molecular flexibility index (Phi) is 12.9. The molecule has 2 N–H and O–H groups in total. The zero-order valence-corrected chi connectivity index (χ0v) is 48.5. The average Bonchev–Trinajstić information content (AvgIpc) is 3.86. The summed E-state index contributed by atoms with van der Waals surface area (Å²) in [4.78, 5) is 19.7. The van der Waals surface area contributed by atoms with Gasteiger partial charge in [-0.2, -0.15) is 0 Å². The van der Waals surface area contributed by atoms with Gasteiger partial charge in [0.1, 0.15) is 0 Å². The highest BCUT2D eigenvalue weighted by Crippen LogP contribution is 2.49. The van der Waals surface area contributed by atoms with Crippen LogP contribution in [0, 0.1) is 27.7 Å². The van der Waals surface area contributed by atoms with Crippen LogP contribution in [-0.2, 0) is 0 Å². The fourth-order valence-corrected chi connectivity index (χ4v) is 14.2. The van der Waals surface area contributed by atoms with Crippen LogP contribution in [-0.4, -0.2) is 19.9 Å². The van der Waals surface area contributed by atoms with Crippen molar-refractivity contribution in [2.24, 2.45) is 0 Å². The van der Waals surface area contributed by atoms with Crippen molar-refractivity contribution in [2.45, 2.75) is 55.4 Å². The lowest BCUT2D eigenvalue weighted by Gasteiger charge is -2.10. The van der Waals surface area contributed by atoms with Gasteiger partial charge in [0.05, 0.1) is 44.8 Å². The Hall–Kier alpha value is -2.68. The number of allylic oxidation sites excluding steroid dienone is 4. The molecule has 12 heteroatoms. The van der Waals surface area contributed by atoms with E-state index in [0.717, 1.165) is 170 Å². The highest BCUT2D eigenvalue weighted by molar-refractivity contribution is 9.12. The minimum atomic E-state index is 0.909. The van der Waals surface area contributed by atoms with Crippen LogP contribution in [0.2, 0.25) is 0 Å². The minimum Gasteiger partial charge on any atom is -0.354 e. The molecule has 2 aliphatic rings. The molecule has 4 aromatic carbocycles. The summed E-state index contributed by atoms with van der Waals surface area (Å²) in [5.41, 5.74) is 24.7. The molecule has 0 amide bonds. The Morgan fingerprint density at radius 1 is 0.281 bits per heavy atom. The van der Waals surface area contributed by atoms with Crippen LogP contribution < -0.4 is 0 Å². The largest absolute Gasteiger partial charge is 0.354 e. The topological polar surface area (TPSA) is 57.4 Å². The molecular weight excluding hydrogens is 1320 g/mol. The first-order valence-electron chi connectivity index (χ1n) is 20.3. The molecule has 0 radical (unpaired) electrons. The van der Waals surface area contributed by atoms with Crippen molar-refractivity contribution in [3.05, 3.63) is 154 Å². The quantitative estimate of drug-likeness (QED) is 0.185. The van der Waals surface area contributed by atoms with E-state index in [4.69, 9.17) is 9.97 Å². The second-order valence-electron chi connectivity index (χ2n) is 16.5. The van der Waals surface area contributed by atoms with Gasteiger partial charge in [-0.3, -0.25) is 0 Å². The van der Waals surface area contributed by atoms with E-state index in [2.05, 4.69) is 266 Å². The Bertz CT molecular complexity index is 2940. The Labute approximate surface area is 440 Å². The number of H-pyrrole nitrogens is 2. The monoisotopic (exact) mass is 1350 g/mol. The van der Waals surface area contributed by atoms with E-state index < -0.39 is 0 Å². The third-order valence-corrected chi connectivity index (χ3v) is 16.3. The SMILES string of the molecule is CC1=C(C)c2nc1c(-c1cc(Br)cc(Br)c1)c1[nH]c(c(C)c1C)c(-c1cc(Br)cc(Br)c1)c1nc(c(-c3cc(Br)cc(Br)c3)c3[nH]c(c(C)c3C)c2-c2cc(Br)cc(Br)c2)C(C)=C1C. The van der Waals surface area contributed by atoms with E-state index in [1.807, 2.05) is 0 Å². The summed E-state index contributed by atoms with van der Waals surface area (Å²) in [7, 11) is 0. The maximum absolute atomic E-state index is 5.80. The predicted octanol–water partition coefficient (Wildman–Crippen LogP) is 20.2. The van der Waals surface area contributed by atoms with Crippen molar-refractivity contribution in [1.82, 2.24) is 19.9 Å². The zero-order valence-electron chi connectivity index (χ0n) is 35.8. The first-order chi connectivity index (χ1) is 30.3. The van der Waals surface area contributed by atoms with Crippen LogP contribution in [0.4, 0.5) is 0 Å². The molecule has 0 atom stereocenters. The number of fused-ring (bicyclic) bond motifs is 8. The number of nitrogens with one attached hydrogen (secondary N) is 2. The van der Waals surface area contributed by atoms with Crippen LogP contribution in [0.15, 0.2) is 109 Å². The van der Waals surface area contributed by atoms with Gasteiger partial charge in [-0.05, 0) is 195 Å². The molecule has 64 heavy (non-hydrogen) atoms. The molecule has 0 aliphatic carbocycles. The molecular formula is C52H38Br8N4. The molecule has 2 aliphatic heterocycles. The van der Waals surface area contributed by atoms with Gasteiger partial charge in [0.15, 0.2) is 0 Å². The Morgan fingerprint density at radius 3 is 0.625 bits per heavy atom. The number of rotatable bonds is 4. The van der Waals surface area contributed by atoms with Crippen LogP contribution in [0.5, 0.6) is 0 Å². The summed E-state index contributed by atoms with van der Waals surface area (Å²) < 4.78 is 7.71. The first-order valence-corrected chi connectivity index (χ1v) is 26.7. The average molecular weight is 1360 g/mol. The number of benzene rings is 4. The number of halogens is 8. The van der Waals surface area contributed by atoms with Gasteiger partial charge >= 0.3 is 0 Å². The summed E-state index contributed by atoms with van der Waals surface area (Å²) in [6, 6.07) is 25.8. The molecule has 9 rings (SSSR count). The highest BCUT2D eigenvalue weighted by atomic mass is 79.9.